The Labute approximate surface area is 125 Å². The third-order valence-corrected chi connectivity index (χ3v) is 4.30. The molecule has 5 nitrogen and oxygen atoms in total. The van der Waals surface area contributed by atoms with Gasteiger partial charge >= 0.3 is 12.0 Å². The van der Waals surface area contributed by atoms with E-state index in [1.165, 1.54) is 19.3 Å². The van der Waals surface area contributed by atoms with Crippen LogP contribution < -0.4 is 10.6 Å². The van der Waals surface area contributed by atoms with Gasteiger partial charge in [0.05, 0.1) is 0 Å². The van der Waals surface area contributed by atoms with Crippen molar-refractivity contribution in [3.8, 4) is 0 Å². The molecule has 0 aliphatic heterocycles. The van der Waals surface area contributed by atoms with Gasteiger partial charge in [0.2, 0.25) is 0 Å². The fourth-order valence-electron chi connectivity index (χ4n) is 2.48. The molecule has 6 heteroatoms. The number of urea groups is 1. The van der Waals surface area contributed by atoms with Gasteiger partial charge in [-0.15, -0.1) is 0 Å². The molecule has 1 saturated carbocycles. The van der Waals surface area contributed by atoms with Crippen LogP contribution in [0.25, 0.3) is 0 Å². The molecule has 0 spiro atoms. The standard InChI is InChI=1S/C14H26N2O3S/c1-20-10-9-12(13(17)18)16-14(19)15-11-7-5-3-2-4-6-8-11/h11-12H,2-10H2,1H3,(H,17,18)(H2,15,16,19). The second-order valence-electron chi connectivity index (χ2n) is 5.33. The van der Waals surface area contributed by atoms with Crippen LogP contribution in [-0.2, 0) is 4.79 Å². The highest BCUT2D eigenvalue weighted by Gasteiger charge is 2.21. The topological polar surface area (TPSA) is 78.4 Å². The lowest BCUT2D eigenvalue weighted by molar-refractivity contribution is -0.139. The number of hydrogen-bond acceptors (Lipinski definition) is 3. The SMILES string of the molecule is CSCCC(NC(=O)NC1CCCCCCC1)C(=O)O. The van der Waals surface area contributed by atoms with E-state index in [-0.39, 0.29) is 12.1 Å². The highest BCUT2D eigenvalue weighted by molar-refractivity contribution is 7.98. The molecular weight excluding hydrogens is 276 g/mol. The maximum Gasteiger partial charge on any atom is 0.326 e. The van der Waals surface area contributed by atoms with Crippen LogP contribution in [0.2, 0.25) is 0 Å². The predicted molar refractivity (Wildman–Crippen MR) is 82.2 cm³/mol. The summed E-state index contributed by atoms with van der Waals surface area (Å²) >= 11 is 1.58. The third kappa shape index (κ3) is 7.03. The molecule has 3 N–H and O–H groups in total. The second-order valence-corrected chi connectivity index (χ2v) is 6.32. The lowest BCUT2D eigenvalue weighted by Gasteiger charge is -2.22. The van der Waals surface area contributed by atoms with Crippen molar-refractivity contribution >= 4 is 23.8 Å². The Morgan fingerprint density at radius 3 is 2.35 bits per heavy atom. The summed E-state index contributed by atoms with van der Waals surface area (Å²) in [6, 6.07) is -0.953. The van der Waals surface area contributed by atoms with Gasteiger partial charge in [0, 0.05) is 6.04 Å². The van der Waals surface area contributed by atoms with Crippen molar-refractivity contribution < 1.29 is 14.7 Å². The number of rotatable bonds is 6. The lowest BCUT2D eigenvalue weighted by Crippen LogP contribution is -2.49. The van der Waals surface area contributed by atoms with Gasteiger partial charge in [-0.25, -0.2) is 9.59 Å². The molecule has 2 amide bonds. The lowest BCUT2D eigenvalue weighted by atomic mass is 9.97. The molecule has 20 heavy (non-hydrogen) atoms. The van der Waals surface area contributed by atoms with E-state index in [2.05, 4.69) is 10.6 Å². The first-order valence-corrected chi connectivity index (χ1v) is 8.81. The summed E-state index contributed by atoms with van der Waals surface area (Å²) in [7, 11) is 0. The van der Waals surface area contributed by atoms with E-state index in [1.54, 1.807) is 11.8 Å². The molecule has 1 atom stereocenters. The number of nitrogens with one attached hydrogen (secondary N) is 2. The van der Waals surface area contributed by atoms with Gasteiger partial charge < -0.3 is 15.7 Å². The Morgan fingerprint density at radius 2 is 1.80 bits per heavy atom. The Balaban J connectivity index is 2.37. The molecule has 1 fully saturated rings. The number of amides is 2. The minimum Gasteiger partial charge on any atom is -0.480 e. The first-order valence-electron chi connectivity index (χ1n) is 7.42. The quantitative estimate of drug-likeness (QED) is 0.704. The van der Waals surface area contributed by atoms with Crippen molar-refractivity contribution in [1.29, 1.82) is 0 Å². The van der Waals surface area contributed by atoms with E-state index in [4.69, 9.17) is 5.11 Å². The largest absolute Gasteiger partial charge is 0.480 e. The van der Waals surface area contributed by atoms with Crippen LogP contribution >= 0.6 is 11.8 Å². The molecular formula is C14H26N2O3S. The van der Waals surface area contributed by atoms with Crippen LogP contribution in [0.3, 0.4) is 0 Å². The maximum absolute atomic E-state index is 11.9. The fourth-order valence-corrected chi connectivity index (χ4v) is 2.95. The highest BCUT2D eigenvalue weighted by atomic mass is 32.2. The molecule has 0 aromatic rings. The van der Waals surface area contributed by atoms with Crippen molar-refractivity contribution in [2.24, 2.45) is 0 Å². The summed E-state index contributed by atoms with van der Waals surface area (Å²) in [6.45, 7) is 0. The van der Waals surface area contributed by atoms with E-state index in [1.807, 2.05) is 6.26 Å². The molecule has 1 aliphatic rings. The molecule has 1 aliphatic carbocycles. The first-order chi connectivity index (χ1) is 9.63. The number of thioether (sulfide) groups is 1. The van der Waals surface area contributed by atoms with Crippen molar-refractivity contribution in [3.05, 3.63) is 0 Å². The first kappa shape index (κ1) is 17.1. The smallest absolute Gasteiger partial charge is 0.326 e. The average molecular weight is 302 g/mol. The summed E-state index contributed by atoms with van der Waals surface area (Å²) < 4.78 is 0. The molecule has 0 bridgehead atoms. The van der Waals surface area contributed by atoms with Gasteiger partial charge in [0.25, 0.3) is 0 Å². The zero-order valence-electron chi connectivity index (χ0n) is 12.2. The van der Waals surface area contributed by atoms with Crippen LogP contribution in [0.5, 0.6) is 0 Å². The normalized spacial score (nSPS) is 18.6. The zero-order chi connectivity index (χ0) is 14.8. The third-order valence-electron chi connectivity index (χ3n) is 3.65. The Morgan fingerprint density at radius 1 is 1.20 bits per heavy atom. The van der Waals surface area contributed by atoms with Crippen molar-refractivity contribution in [2.45, 2.75) is 63.5 Å². The molecule has 0 aromatic carbocycles. The van der Waals surface area contributed by atoms with Crippen molar-refractivity contribution in [2.75, 3.05) is 12.0 Å². The summed E-state index contributed by atoms with van der Waals surface area (Å²) in [5.74, 6) is -0.243. The van der Waals surface area contributed by atoms with Crippen molar-refractivity contribution in [1.82, 2.24) is 10.6 Å². The van der Waals surface area contributed by atoms with E-state index in [0.29, 0.717) is 6.42 Å². The van der Waals surface area contributed by atoms with E-state index >= 15 is 0 Å². The number of carbonyl (C=O) groups is 2. The predicted octanol–water partition coefficient (Wildman–Crippen LogP) is 2.60. The molecule has 0 heterocycles. The molecule has 1 rings (SSSR count). The Hall–Kier alpha value is -0.910. The van der Waals surface area contributed by atoms with Crippen LogP contribution in [0.4, 0.5) is 4.79 Å². The van der Waals surface area contributed by atoms with Gasteiger partial charge in [-0.05, 0) is 31.3 Å². The maximum atomic E-state index is 11.9. The van der Waals surface area contributed by atoms with E-state index < -0.39 is 12.0 Å². The van der Waals surface area contributed by atoms with Gasteiger partial charge in [-0.1, -0.05) is 32.1 Å². The Bertz CT molecular complexity index is 305. The number of hydrogen-bond donors (Lipinski definition) is 3. The second kappa shape index (κ2) is 9.91. The van der Waals surface area contributed by atoms with Gasteiger partial charge in [0.1, 0.15) is 6.04 Å². The van der Waals surface area contributed by atoms with E-state index in [9.17, 15) is 9.59 Å². The Kier molecular flexibility index (Phi) is 8.49. The highest BCUT2D eigenvalue weighted by Crippen LogP contribution is 2.17. The molecule has 0 saturated heterocycles. The van der Waals surface area contributed by atoms with Gasteiger partial charge in [-0.2, -0.15) is 11.8 Å². The number of carboxylic acids is 1. The number of carboxylic acid groups (broad SMARTS) is 1. The summed E-state index contributed by atoms with van der Waals surface area (Å²) in [6.07, 6.45) is 10.4. The molecule has 0 aromatic heterocycles. The minimum absolute atomic E-state index is 0.185. The summed E-state index contributed by atoms with van der Waals surface area (Å²) in [4.78, 5) is 23.0. The molecule has 116 valence electrons. The number of carbonyl (C=O) groups excluding carboxylic acids is 1. The average Bonchev–Trinajstić information content (AvgIpc) is 2.37. The van der Waals surface area contributed by atoms with Gasteiger partial charge in [-0.3, -0.25) is 0 Å². The fraction of sp³-hybridized carbons (Fsp3) is 0.857. The van der Waals surface area contributed by atoms with Crippen LogP contribution in [0.1, 0.15) is 51.4 Å². The van der Waals surface area contributed by atoms with Crippen LogP contribution in [-0.4, -0.2) is 41.2 Å². The summed E-state index contributed by atoms with van der Waals surface area (Å²) in [5.41, 5.74) is 0. The molecule has 0 radical (unpaired) electrons. The van der Waals surface area contributed by atoms with Crippen LogP contribution in [0, 0.1) is 0 Å². The molecule has 1 unspecified atom stereocenters. The van der Waals surface area contributed by atoms with E-state index in [0.717, 1.165) is 31.4 Å². The minimum atomic E-state index is -0.966. The van der Waals surface area contributed by atoms with Crippen molar-refractivity contribution in [3.63, 3.8) is 0 Å². The monoisotopic (exact) mass is 302 g/mol. The summed E-state index contributed by atoms with van der Waals surface area (Å²) in [5, 5.41) is 14.6. The zero-order valence-corrected chi connectivity index (χ0v) is 13.0. The number of aliphatic carboxylic acids is 1. The van der Waals surface area contributed by atoms with Gasteiger partial charge in [0.15, 0.2) is 0 Å². The van der Waals surface area contributed by atoms with Crippen LogP contribution in [0.15, 0.2) is 0 Å².